The van der Waals surface area contributed by atoms with Crippen LogP contribution in [0.1, 0.15) is 18.9 Å². The van der Waals surface area contributed by atoms with E-state index in [4.69, 9.17) is 16.7 Å². The molecule has 0 unspecified atom stereocenters. The van der Waals surface area contributed by atoms with Crippen molar-refractivity contribution in [3.63, 3.8) is 0 Å². The molecule has 0 saturated carbocycles. The number of aliphatic carboxylic acids is 1. The summed E-state index contributed by atoms with van der Waals surface area (Å²) in [6.45, 7) is 2.23. The topological polar surface area (TPSA) is 52.9 Å². The van der Waals surface area contributed by atoms with Gasteiger partial charge in [-0.25, -0.2) is 4.79 Å². The maximum atomic E-state index is 10.8. The number of nitrogens with zero attached hydrogens (tertiary/aromatic N) is 2. The summed E-state index contributed by atoms with van der Waals surface area (Å²) >= 11 is 5.93. The molecule has 17 heavy (non-hydrogen) atoms. The minimum Gasteiger partial charge on any atom is -0.477 e. The van der Waals surface area contributed by atoms with Gasteiger partial charge in [-0.05, 0) is 43.5 Å². The highest BCUT2D eigenvalue weighted by Gasteiger charge is 2.17. The number of carboxylic acids is 1. The molecule has 0 aromatic heterocycles. The maximum absolute atomic E-state index is 10.8. The molecule has 2 rings (SSSR count). The van der Waals surface area contributed by atoms with Crippen molar-refractivity contribution in [2.75, 3.05) is 11.6 Å². The summed E-state index contributed by atoms with van der Waals surface area (Å²) in [7, 11) is 0. The fourth-order valence-electron chi connectivity index (χ4n) is 1.87. The Labute approximate surface area is 104 Å². The maximum Gasteiger partial charge on any atom is 0.351 e. The van der Waals surface area contributed by atoms with Crippen LogP contribution in [0.2, 0.25) is 5.02 Å². The molecule has 0 atom stereocenters. The number of hydrogen-bond acceptors (Lipinski definition) is 3. The number of hydrazone groups is 1. The molecule has 1 aromatic carbocycles. The van der Waals surface area contributed by atoms with Gasteiger partial charge in [0, 0.05) is 11.6 Å². The number of aryl methyl sites for hydroxylation is 1. The lowest BCUT2D eigenvalue weighted by Gasteiger charge is -2.27. The third kappa shape index (κ3) is 2.58. The highest BCUT2D eigenvalue weighted by Crippen LogP contribution is 2.29. The molecule has 0 fully saturated rings. The van der Waals surface area contributed by atoms with Crippen molar-refractivity contribution in [2.45, 2.75) is 19.8 Å². The lowest BCUT2D eigenvalue weighted by atomic mass is 10.0. The number of benzene rings is 1. The van der Waals surface area contributed by atoms with Crippen molar-refractivity contribution in [2.24, 2.45) is 5.10 Å². The van der Waals surface area contributed by atoms with Gasteiger partial charge in [-0.3, -0.25) is 5.01 Å². The van der Waals surface area contributed by atoms with Gasteiger partial charge in [-0.15, -0.1) is 0 Å². The molecule has 0 spiro atoms. The van der Waals surface area contributed by atoms with Crippen LogP contribution in [0.4, 0.5) is 5.69 Å². The molecule has 5 heteroatoms. The zero-order valence-corrected chi connectivity index (χ0v) is 10.2. The Balaban J connectivity index is 2.35. The summed E-state index contributed by atoms with van der Waals surface area (Å²) < 4.78 is 0. The van der Waals surface area contributed by atoms with E-state index in [1.807, 2.05) is 12.1 Å². The molecule has 1 N–H and O–H groups in total. The van der Waals surface area contributed by atoms with E-state index in [9.17, 15) is 4.79 Å². The van der Waals surface area contributed by atoms with E-state index in [2.05, 4.69) is 5.10 Å². The zero-order chi connectivity index (χ0) is 12.4. The molecule has 0 bridgehead atoms. The number of carbonyl (C=O) groups is 1. The van der Waals surface area contributed by atoms with E-state index in [1.165, 1.54) is 6.92 Å². The fourth-order valence-corrected chi connectivity index (χ4v) is 2.07. The fraction of sp³-hybridized carbons (Fsp3) is 0.333. The van der Waals surface area contributed by atoms with Crippen LogP contribution in [0, 0.1) is 0 Å². The molecular formula is C12H13ClN2O2. The van der Waals surface area contributed by atoms with Gasteiger partial charge in [0.05, 0.1) is 5.69 Å². The van der Waals surface area contributed by atoms with Crippen molar-refractivity contribution in [1.82, 2.24) is 0 Å². The van der Waals surface area contributed by atoms with Crippen molar-refractivity contribution in [1.29, 1.82) is 0 Å². The Bertz CT molecular complexity index is 485. The first kappa shape index (κ1) is 11.9. The predicted octanol–water partition coefficient (Wildman–Crippen LogP) is 2.55. The van der Waals surface area contributed by atoms with Crippen molar-refractivity contribution < 1.29 is 9.90 Å². The van der Waals surface area contributed by atoms with Crippen LogP contribution in [-0.2, 0) is 11.2 Å². The van der Waals surface area contributed by atoms with Gasteiger partial charge >= 0.3 is 5.97 Å². The standard InChI is InChI=1S/C12H13ClN2O2/c1-8(12(16)17)14-15-6-2-3-9-7-10(13)4-5-11(9)15/h4-5,7H,2-3,6H2,1H3,(H,16,17)/b14-8+. The third-order valence-corrected chi connectivity index (χ3v) is 2.95. The molecule has 0 saturated heterocycles. The molecule has 1 aliphatic rings. The second-order valence-corrected chi connectivity index (χ2v) is 4.43. The van der Waals surface area contributed by atoms with Gasteiger partial charge in [0.15, 0.2) is 0 Å². The number of fused-ring (bicyclic) bond motifs is 1. The summed E-state index contributed by atoms with van der Waals surface area (Å²) in [4.78, 5) is 10.8. The van der Waals surface area contributed by atoms with Gasteiger partial charge in [0.1, 0.15) is 5.71 Å². The SMILES string of the molecule is C/C(=N\N1CCCc2cc(Cl)ccc21)C(=O)O. The minimum atomic E-state index is -0.994. The zero-order valence-electron chi connectivity index (χ0n) is 9.48. The van der Waals surface area contributed by atoms with E-state index >= 15 is 0 Å². The van der Waals surface area contributed by atoms with Crippen LogP contribution < -0.4 is 5.01 Å². The molecule has 1 heterocycles. The molecule has 4 nitrogen and oxygen atoms in total. The van der Waals surface area contributed by atoms with E-state index in [1.54, 1.807) is 11.1 Å². The van der Waals surface area contributed by atoms with E-state index in [0.29, 0.717) is 5.02 Å². The number of rotatable bonds is 2. The summed E-state index contributed by atoms with van der Waals surface area (Å²) in [5.41, 5.74) is 2.15. The van der Waals surface area contributed by atoms with Crippen LogP contribution >= 0.6 is 11.6 Å². The lowest BCUT2D eigenvalue weighted by molar-refractivity contribution is -0.129. The van der Waals surface area contributed by atoms with Crippen molar-refractivity contribution in [3.8, 4) is 0 Å². The Morgan fingerprint density at radius 1 is 1.53 bits per heavy atom. The molecular weight excluding hydrogens is 240 g/mol. The molecule has 0 radical (unpaired) electrons. The lowest BCUT2D eigenvalue weighted by Crippen LogP contribution is -2.26. The van der Waals surface area contributed by atoms with Crippen LogP contribution in [0.15, 0.2) is 23.3 Å². The average molecular weight is 253 g/mol. The molecule has 0 amide bonds. The summed E-state index contributed by atoms with van der Waals surface area (Å²) in [5, 5.41) is 15.4. The second kappa shape index (κ2) is 4.75. The number of hydrogen-bond donors (Lipinski definition) is 1. The van der Waals surface area contributed by atoms with Gasteiger partial charge < -0.3 is 5.11 Å². The first-order chi connectivity index (χ1) is 8.08. The number of carboxylic acid groups (broad SMARTS) is 1. The van der Waals surface area contributed by atoms with E-state index < -0.39 is 5.97 Å². The Morgan fingerprint density at radius 2 is 2.29 bits per heavy atom. The van der Waals surface area contributed by atoms with Crippen LogP contribution in [0.5, 0.6) is 0 Å². The number of halogens is 1. The van der Waals surface area contributed by atoms with E-state index in [0.717, 1.165) is 30.6 Å². The van der Waals surface area contributed by atoms with Gasteiger partial charge in [-0.1, -0.05) is 11.6 Å². The quantitative estimate of drug-likeness (QED) is 0.823. The van der Waals surface area contributed by atoms with Gasteiger partial charge in [0.25, 0.3) is 0 Å². The van der Waals surface area contributed by atoms with Gasteiger partial charge in [-0.2, -0.15) is 5.10 Å². The highest BCUT2D eigenvalue weighted by atomic mass is 35.5. The number of anilines is 1. The Hall–Kier alpha value is -1.55. The average Bonchev–Trinajstić information content (AvgIpc) is 2.28. The highest BCUT2D eigenvalue weighted by molar-refractivity contribution is 6.34. The van der Waals surface area contributed by atoms with Gasteiger partial charge in [0.2, 0.25) is 0 Å². The van der Waals surface area contributed by atoms with Crippen molar-refractivity contribution >= 4 is 29.0 Å². The first-order valence-corrected chi connectivity index (χ1v) is 5.80. The molecule has 1 aromatic rings. The monoisotopic (exact) mass is 252 g/mol. The summed E-state index contributed by atoms with van der Waals surface area (Å²) in [6.07, 6.45) is 1.90. The summed E-state index contributed by atoms with van der Waals surface area (Å²) in [6, 6.07) is 5.59. The van der Waals surface area contributed by atoms with Crippen LogP contribution in [-0.4, -0.2) is 23.3 Å². The smallest absolute Gasteiger partial charge is 0.351 e. The third-order valence-electron chi connectivity index (χ3n) is 2.72. The first-order valence-electron chi connectivity index (χ1n) is 5.42. The van der Waals surface area contributed by atoms with Crippen molar-refractivity contribution in [3.05, 3.63) is 28.8 Å². The molecule has 90 valence electrons. The van der Waals surface area contributed by atoms with E-state index in [-0.39, 0.29) is 5.71 Å². The molecule has 0 aliphatic carbocycles. The minimum absolute atomic E-state index is 0.0906. The second-order valence-electron chi connectivity index (χ2n) is 3.99. The van der Waals surface area contributed by atoms with Crippen LogP contribution in [0.3, 0.4) is 0 Å². The van der Waals surface area contributed by atoms with Crippen LogP contribution in [0.25, 0.3) is 0 Å². The summed E-state index contributed by atoms with van der Waals surface area (Å²) in [5.74, 6) is -0.994. The predicted molar refractivity (Wildman–Crippen MR) is 67.9 cm³/mol. The molecule has 1 aliphatic heterocycles. The normalized spacial score (nSPS) is 15.6. The largest absolute Gasteiger partial charge is 0.477 e. The Kier molecular flexibility index (Phi) is 3.33. The Morgan fingerprint density at radius 3 is 3.00 bits per heavy atom.